The molecule has 0 fully saturated rings. The van der Waals surface area contributed by atoms with E-state index in [9.17, 15) is 25.5 Å². The van der Waals surface area contributed by atoms with Crippen LogP contribution in [0.1, 0.15) is 11.1 Å². The highest BCUT2D eigenvalue weighted by Crippen LogP contribution is 2.35. The Labute approximate surface area is 115 Å². The van der Waals surface area contributed by atoms with Gasteiger partial charge in [0.1, 0.15) is 0 Å². The molecule has 0 spiro atoms. The Morgan fingerprint density at radius 3 is 2.00 bits per heavy atom. The number of rotatable bonds is 3. The predicted octanol–water partition coefficient (Wildman–Crippen LogP) is 2.47. The summed E-state index contributed by atoms with van der Waals surface area (Å²) in [5, 5.41) is 46.5. The molecule has 0 saturated heterocycles. The molecule has 0 unspecified atom stereocenters. The van der Waals surface area contributed by atoms with Crippen molar-refractivity contribution in [2.45, 2.75) is 6.42 Å². The van der Waals surface area contributed by atoms with E-state index in [4.69, 9.17) is 0 Å². The van der Waals surface area contributed by atoms with Gasteiger partial charge in [0.05, 0.1) is 0 Å². The van der Waals surface area contributed by atoms with Gasteiger partial charge in [-0.3, -0.25) is 0 Å². The smallest absolute Gasteiger partial charge is 0.200 e. The lowest BCUT2D eigenvalue weighted by molar-refractivity contribution is 0.368. The molecule has 2 aromatic carbocycles. The maximum absolute atomic E-state index is 9.36. The van der Waals surface area contributed by atoms with Gasteiger partial charge in [-0.05, 0) is 41.8 Å². The Morgan fingerprint density at radius 2 is 1.40 bits per heavy atom. The van der Waals surface area contributed by atoms with E-state index in [-0.39, 0.29) is 11.5 Å². The standard InChI is InChI=1S/C15H14O5/c16-11-5-4-9(6-12(11)17)2-1-3-10-7-13(18)15(20)14(19)8-10/h1,3-8,16-20H,2H2/b3-1+. The lowest BCUT2D eigenvalue weighted by atomic mass is 10.1. The van der Waals surface area contributed by atoms with Crippen LogP contribution in [0.5, 0.6) is 28.7 Å². The van der Waals surface area contributed by atoms with Crippen LogP contribution in [-0.4, -0.2) is 25.5 Å². The summed E-state index contributed by atoms with van der Waals surface area (Å²) in [5.74, 6) is -1.70. The van der Waals surface area contributed by atoms with Gasteiger partial charge in [0.25, 0.3) is 0 Å². The molecule has 0 aliphatic heterocycles. The van der Waals surface area contributed by atoms with Crippen molar-refractivity contribution in [3.8, 4) is 28.7 Å². The second-order valence-corrected chi connectivity index (χ2v) is 4.34. The van der Waals surface area contributed by atoms with Crippen LogP contribution in [0.2, 0.25) is 0 Å². The second-order valence-electron chi connectivity index (χ2n) is 4.34. The van der Waals surface area contributed by atoms with E-state index in [1.165, 1.54) is 24.3 Å². The number of phenols is 5. The van der Waals surface area contributed by atoms with Gasteiger partial charge < -0.3 is 25.5 Å². The second kappa shape index (κ2) is 5.44. The normalized spacial score (nSPS) is 11.0. The fourth-order valence-electron chi connectivity index (χ4n) is 1.75. The number of benzene rings is 2. The Hall–Kier alpha value is -2.82. The topological polar surface area (TPSA) is 101 Å². The quantitative estimate of drug-likeness (QED) is 0.553. The molecule has 2 aromatic rings. The van der Waals surface area contributed by atoms with Crippen molar-refractivity contribution in [1.29, 1.82) is 0 Å². The lowest BCUT2D eigenvalue weighted by Crippen LogP contribution is -1.81. The van der Waals surface area contributed by atoms with Crippen molar-refractivity contribution in [2.75, 3.05) is 0 Å². The monoisotopic (exact) mass is 274 g/mol. The molecule has 0 radical (unpaired) electrons. The van der Waals surface area contributed by atoms with E-state index in [0.29, 0.717) is 12.0 Å². The van der Waals surface area contributed by atoms with Gasteiger partial charge in [-0.25, -0.2) is 0 Å². The largest absolute Gasteiger partial charge is 0.504 e. The van der Waals surface area contributed by atoms with E-state index in [2.05, 4.69) is 0 Å². The SMILES string of the molecule is Oc1ccc(C/C=C/c2cc(O)c(O)c(O)c2)cc1O. The minimum Gasteiger partial charge on any atom is -0.504 e. The molecule has 0 heterocycles. The van der Waals surface area contributed by atoms with Crippen LogP contribution in [0, 0.1) is 0 Å². The zero-order valence-electron chi connectivity index (χ0n) is 10.5. The molecule has 0 amide bonds. The molecule has 0 aromatic heterocycles. The summed E-state index contributed by atoms with van der Waals surface area (Å²) in [6, 6.07) is 7.16. The fourth-order valence-corrected chi connectivity index (χ4v) is 1.75. The molecule has 5 nitrogen and oxygen atoms in total. The average molecular weight is 274 g/mol. The molecule has 0 aliphatic rings. The third kappa shape index (κ3) is 2.95. The minimum atomic E-state index is -0.550. The summed E-state index contributed by atoms with van der Waals surface area (Å²) in [4.78, 5) is 0. The van der Waals surface area contributed by atoms with Gasteiger partial charge in [-0.1, -0.05) is 18.2 Å². The predicted molar refractivity (Wildman–Crippen MR) is 73.9 cm³/mol. The van der Waals surface area contributed by atoms with E-state index >= 15 is 0 Å². The minimum absolute atomic E-state index is 0.175. The molecule has 5 heteroatoms. The summed E-state index contributed by atoms with van der Waals surface area (Å²) in [5.41, 5.74) is 1.32. The number of hydrogen-bond acceptors (Lipinski definition) is 5. The van der Waals surface area contributed by atoms with Crippen LogP contribution in [-0.2, 0) is 6.42 Å². The molecular formula is C15H14O5. The Morgan fingerprint density at radius 1 is 0.750 bits per heavy atom. The highest BCUT2D eigenvalue weighted by molar-refractivity contribution is 5.60. The van der Waals surface area contributed by atoms with Crippen molar-refractivity contribution in [3.63, 3.8) is 0 Å². The fraction of sp³-hybridized carbons (Fsp3) is 0.0667. The Balaban J connectivity index is 2.12. The van der Waals surface area contributed by atoms with Crippen LogP contribution >= 0.6 is 0 Å². The van der Waals surface area contributed by atoms with Crippen molar-refractivity contribution in [1.82, 2.24) is 0 Å². The maximum Gasteiger partial charge on any atom is 0.200 e. The molecule has 0 atom stereocenters. The Bertz CT molecular complexity index is 638. The number of aromatic hydroxyl groups is 5. The molecule has 20 heavy (non-hydrogen) atoms. The highest BCUT2D eigenvalue weighted by Gasteiger charge is 2.06. The van der Waals surface area contributed by atoms with E-state index in [1.54, 1.807) is 18.2 Å². The summed E-state index contributed by atoms with van der Waals surface area (Å²) >= 11 is 0. The van der Waals surface area contributed by atoms with Crippen LogP contribution < -0.4 is 0 Å². The summed E-state index contributed by atoms with van der Waals surface area (Å²) in [6.07, 6.45) is 3.91. The third-order valence-corrected chi connectivity index (χ3v) is 2.80. The van der Waals surface area contributed by atoms with Gasteiger partial charge >= 0.3 is 0 Å². The first-order chi connectivity index (χ1) is 9.47. The van der Waals surface area contributed by atoms with Crippen LogP contribution in [0.25, 0.3) is 6.08 Å². The summed E-state index contributed by atoms with van der Waals surface area (Å²) in [6.45, 7) is 0. The van der Waals surface area contributed by atoms with Crippen LogP contribution in [0.15, 0.2) is 36.4 Å². The van der Waals surface area contributed by atoms with Gasteiger partial charge in [0.15, 0.2) is 28.7 Å². The summed E-state index contributed by atoms with van der Waals surface area (Å²) in [7, 11) is 0. The van der Waals surface area contributed by atoms with Crippen molar-refractivity contribution < 1.29 is 25.5 Å². The molecular weight excluding hydrogens is 260 g/mol. The molecule has 5 N–H and O–H groups in total. The van der Waals surface area contributed by atoms with Crippen LogP contribution in [0.4, 0.5) is 0 Å². The molecule has 0 bridgehead atoms. The van der Waals surface area contributed by atoms with Crippen LogP contribution in [0.3, 0.4) is 0 Å². The number of allylic oxidation sites excluding steroid dienone is 1. The first kappa shape index (κ1) is 13.6. The third-order valence-electron chi connectivity index (χ3n) is 2.80. The first-order valence-electron chi connectivity index (χ1n) is 5.89. The zero-order chi connectivity index (χ0) is 14.7. The lowest BCUT2D eigenvalue weighted by Gasteiger charge is -2.03. The van der Waals surface area contributed by atoms with Gasteiger partial charge in [-0.2, -0.15) is 0 Å². The maximum atomic E-state index is 9.36. The molecule has 0 aliphatic carbocycles. The van der Waals surface area contributed by atoms with Crippen molar-refractivity contribution in [3.05, 3.63) is 47.5 Å². The van der Waals surface area contributed by atoms with Gasteiger partial charge in [0, 0.05) is 0 Å². The highest BCUT2D eigenvalue weighted by atomic mass is 16.3. The van der Waals surface area contributed by atoms with E-state index in [1.807, 2.05) is 0 Å². The van der Waals surface area contributed by atoms with E-state index in [0.717, 1.165) is 5.56 Å². The zero-order valence-corrected chi connectivity index (χ0v) is 10.5. The molecule has 104 valence electrons. The van der Waals surface area contributed by atoms with Crippen molar-refractivity contribution in [2.24, 2.45) is 0 Å². The van der Waals surface area contributed by atoms with Crippen molar-refractivity contribution >= 4 is 6.08 Å². The number of phenolic OH excluding ortho intramolecular Hbond substituents is 5. The average Bonchev–Trinajstić information content (AvgIpc) is 2.40. The first-order valence-corrected chi connectivity index (χ1v) is 5.89. The summed E-state index contributed by atoms with van der Waals surface area (Å²) < 4.78 is 0. The molecule has 2 rings (SSSR count). The van der Waals surface area contributed by atoms with E-state index < -0.39 is 17.2 Å². The van der Waals surface area contributed by atoms with Gasteiger partial charge in [-0.15, -0.1) is 0 Å². The van der Waals surface area contributed by atoms with Gasteiger partial charge in [0.2, 0.25) is 0 Å². The number of hydrogen-bond donors (Lipinski definition) is 5. The molecule has 0 saturated carbocycles. The Kier molecular flexibility index (Phi) is 3.70.